The molecule has 0 saturated carbocycles. The van der Waals surface area contributed by atoms with E-state index in [1.807, 2.05) is 0 Å². The van der Waals surface area contributed by atoms with E-state index in [4.69, 9.17) is 4.74 Å². The molecular formula is C24H29NO8S. The molecule has 1 aromatic rings. The number of benzene rings is 1. The number of aliphatic hydroxyl groups excluding tert-OH is 2. The Labute approximate surface area is 199 Å². The van der Waals surface area contributed by atoms with E-state index in [1.165, 1.54) is 30.4 Å². The molecule has 0 saturated heterocycles. The van der Waals surface area contributed by atoms with Crippen LogP contribution in [0.3, 0.4) is 0 Å². The van der Waals surface area contributed by atoms with Gasteiger partial charge in [0.15, 0.2) is 5.78 Å². The van der Waals surface area contributed by atoms with Crippen LogP contribution in [0.25, 0.3) is 6.08 Å². The lowest BCUT2D eigenvalue weighted by Gasteiger charge is -2.20. The van der Waals surface area contributed by atoms with Crippen LogP contribution in [0, 0.1) is 17.8 Å². The van der Waals surface area contributed by atoms with Gasteiger partial charge in [-0.1, -0.05) is 37.0 Å². The normalized spacial score (nSPS) is 25.8. The van der Waals surface area contributed by atoms with Gasteiger partial charge in [-0.3, -0.25) is 4.79 Å². The molecule has 1 heterocycles. The number of esters is 1. The fourth-order valence-electron chi connectivity index (χ4n) is 3.04. The maximum Gasteiger partial charge on any atom is 0.342 e. The Morgan fingerprint density at radius 2 is 1.88 bits per heavy atom. The number of rotatable bonds is 3. The van der Waals surface area contributed by atoms with Crippen molar-refractivity contribution >= 4 is 27.9 Å². The predicted octanol–water partition coefficient (Wildman–Crippen LogP) is 1.13. The van der Waals surface area contributed by atoms with Crippen molar-refractivity contribution in [3.05, 3.63) is 47.1 Å². The predicted molar refractivity (Wildman–Crippen MR) is 126 cm³/mol. The molecular weight excluding hydrogens is 462 g/mol. The average Bonchev–Trinajstić information content (AvgIpc) is 2.75. The summed E-state index contributed by atoms with van der Waals surface area (Å²) in [5, 5.41) is 30.7. The van der Waals surface area contributed by atoms with E-state index in [1.54, 1.807) is 13.8 Å². The van der Waals surface area contributed by atoms with Crippen LogP contribution in [0.15, 0.2) is 30.4 Å². The Bertz CT molecular complexity index is 1140. The monoisotopic (exact) mass is 491 g/mol. The lowest BCUT2D eigenvalue weighted by molar-refractivity contribution is -0.127. The molecule has 0 spiro atoms. The van der Waals surface area contributed by atoms with E-state index in [9.17, 15) is 33.3 Å². The largest absolute Gasteiger partial charge is 0.507 e. The second-order valence-electron chi connectivity index (χ2n) is 8.02. The van der Waals surface area contributed by atoms with Crippen molar-refractivity contribution in [3.8, 4) is 17.6 Å². The Kier molecular flexibility index (Phi) is 9.58. The number of nitrogens with one attached hydrogen (secondary N) is 1. The Hall–Kier alpha value is -2.97. The number of aliphatic hydroxyl groups is 2. The number of ketones is 1. The Balaban J connectivity index is 2.48. The molecule has 9 nitrogen and oxygen atoms in total. The third-order valence-electron chi connectivity index (χ3n) is 5.18. The van der Waals surface area contributed by atoms with Gasteiger partial charge in [0, 0.05) is 30.0 Å². The SMILES string of the molecule is C[C@@H]1OC(=O)c2c(O)ccc(C#CCCNS(C)(=O)=O)c2/C=C/C[C@H](O)[C@H](O)C(=O)/C=C\[C@@H]1C. The maximum atomic E-state index is 13.0. The van der Waals surface area contributed by atoms with Gasteiger partial charge >= 0.3 is 5.97 Å². The number of hydrogen-bond donors (Lipinski definition) is 4. The summed E-state index contributed by atoms with van der Waals surface area (Å²) in [5.74, 6) is 3.48. The third-order valence-corrected chi connectivity index (χ3v) is 5.91. The van der Waals surface area contributed by atoms with Crippen LogP contribution >= 0.6 is 0 Å². The minimum atomic E-state index is -3.34. The first kappa shape index (κ1) is 27.3. The van der Waals surface area contributed by atoms with E-state index >= 15 is 0 Å². The Morgan fingerprint density at radius 3 is 2.56 bits per heavy atom. The van der Waals surface area contributed by atoms with Gasteiger partial charge in [0.1, 0.15) is 23.5 Å². The highest BCUT2D eigenvalue weighted by molar-refractivity contribution is 7.88. The summed E-state index contributed by atoms with van der Waals surface area (Å²) in [6.07, 6.45) is 2.97. The summed E-state index contributed by atoms with van der Waals surface area (Å²) < 4.78 is 30.2. The summed E-state index contributed by atoms with van der Waals surface area (Å²) in [6, 6.07) is 2.80. The number of cyclic esters (lactones) is 1. The fourth-order valence-corrected chi connectivity index (χ4v) is 3.51. The molecule has 0 bridgehead atoms. The van der Waals surface area contributed by atoms with Gasteiger partial charge in [-0.2, -0.15) is 0 Å². The second kappa shape index (κ2) is 11.9. The molecule has 0 amide bonds. The average molecular weight is 492 g/mol. The second-order valence-corrected chi connectivity index (χ2v) is 9.85. The van der Waals surface area contributed by atoms with Crippen LogP contribution in [-0.4, -0.2) is 66.6 Å². The summed E-state index contributed by atoms with van der Waals surface area (Å²) in [6.45, 7) is 3.44. The van der Waals surface area contributed by atoms with Gasteiger partial charge in [-0.05, 0) is 31.6 Å². The topological polar surface area (TPSA) is 150 Å². The number of phenols is 1. The van der Waals surface area contributed by atoms with Crippen molar-refractivity contribution < 1.29 is 38.1 Å². The van der Waals surface area contributed by atoms with E-state index < -0.39 is 46.0 Å². The van der Waals surface area contributed by atoms with Gasteiger partial charge in [0.2, 0.25) is 10.0 Å². The number of fused-ring (bicyclic) bond motifs is 1. The molecule has 0 unspecified atom stereocenters. The third kappa shape index (κ3) is 7.81. The molecule has 2 rings (SSSR count). The molecule has 34 heavy (non-hydrogen) atoms. The van der Waals surface area contributed by atoms with Gasteiger partial charge in [0.25, 0.3) is 0 Å². The molecule has 0 radical (unpaired) electrons. The van der Waals surface area contributed by atoms with Crippen molar-refractivity contribution in [3.63, 3.8) is 0 Å². The summed E-state index contributed by atoms with van der Waals surface area (Å²) in [5.41, 5.74) is 0.469. The van der Waals surface area contributed by atoms with Gasteiger partial charge in [0.05, 0.1) is 12.4 Å². The molecule has 0 aromatic heterocycles. The number of hydrogen-bond acceptors (Lipinski definition) is 8. The zero-order valence-corrected chi connectivity index (χ0v) is 20.0. The first-order chi connectivity index (χ1) is 15.9. The van der Waals surface area contributed by atoms with Crippen LogP contribution in [0.4, 0.5) is 0 Å². The van der Waals surface area contributed by atoms with Crippen molar-refractivity contribution in [1.29, 1.82) is 0 Å². The molecule has 184 valence electrons. The first-order valence-corrected chi connectivity index (χ1v) is 12.5. The number of carbonyl (C=O) groups is 2. The van der Waals surface area contributed by atoms with Gasteiger partial charge in [-0.15, -0.1) is 0 Å². The number of aromatic hydroxyl groups is 1. The van der Waals surface area contributed by atoms with Crippen LogP contribution < -0.4 is 4.72 Å². The molecule has 0 fully saturated rings. The van der Waals surface area contributed by atoms with E-state index in [0.717, 1.165) is 12.3 Å². The van der Waals surface area contributed by atoms with Crippen molar-refractivity contribution in [2.75, 3.05) is 12.8 Å². The van der Waals surface area contributed by atoms with Crippen LogP contribution in [-0.2, 0) is 19.6 Å². The highest BCUT2D eigenvalue weighted by atomic mass is 32.2. The van der Waals surface area contributed by atoms with Crippen molar-refractivity contribution in [2.24, 2.45) is 5.92 Å². The van der Waals surface area contributed by atoms with Crippen molar-refractivity contribution in [2.45, 2.75) is 45.0 Å². The highest BCUT2D eigenvalue weighted by Gasteiger charge is 2.25. The van der Waals surface area contributed by atoms with Crippen molar-refractivity contribution in [1.82, 2.24) is 4.72 Å². The first-order valence-electron chi connectivity index (χ1n) is 10.7. The van der Waals surface area contributed by atoms with E-state index in [0.29, 0.717) is 5.56 Å². The van der Waals surface area contributed by atoms with E-state index in [2.05, 4.69) is 16.6 Å². The number of carbonyl (C=O) groups excluding carboxylic acids is 2. The molecule has 4 atom stereocenters. The zero-order chi connectivity index (χ0) is 25.5. The van der Waals surface area contributed by atoms with Crippen LogP contribution in [0.2, 0.25) is 0 Å². The maximum absolute atomic E-state index is 13.0. The fraction of sp³-hybridized carbons (Fsp3) is 0.417. The number of ether oxygens (including phenoxy) is 1. The van der Waals surface area contributed by atoms with Gasteiger partial charge in [-0.25, -0.2) is 17.9 Å². The quantitative estimate of drug-likeness (QED) is 0.279. The molecule has 4 N–H and O–H groups in total. The zero-order valence-electron chi connectivity index (χ0n) is 19.2. The summed E-state index contributed by atoms with van der Waals surface area (Å²) in [7, 11) is -3.34. The van der Waals surface area contributed by atoms with Crippen LogP contribution in [0.1, 0.15) is 48.2 Å². The van der Waals surface area contributed by atoms with Gasteiger partial charge < -0.3 is 20.1 Å². The molecule has 1 aliphatic rings. The van der Waals surface area contributed by atoms with Crippen LogP contribution in [0.5, 0.6) is 5.75 Å². The summed E-state index contributed by atoms with van der Waals surface area (Å²) in [4.78, 5) is 25.1. The molecule has 1 aliphatic heterocycles. The lowest BCUT2D eigenvalue weighted by Crippen LogP contribution is -2.32. The standard InChI is InChI=1S/C24H29NO8S/c1-15-10-12-21(28)23(29)20(27)9-6-8-18-17(7-4-5-14-25-34(3,31)32)11-13-19(26)22(18)24(30)33-16(15)2/h6,8,10-13,15-16,20,23,25-27,29H,5,9,14H2,1-3H3/b8-6+,12-10-/t15-,16-,20-,23-/m0/s1. The van der Waals surface area contributed by atoms with E-state index in [-0.39, 0.29) is 36.3 Å². The number of phenolic OH excluding ortho intramolecular Hbond substituents is 1. The lowest BCUT2D eigenvalue weighted by atomic mass is 9.97. The minimum absolute atomic E-state index is 0.102. The minimum Gasteiger partial charge on any atom is -0.507 e. The molecule has 1 aromatic carbocycles. The smallest absolute Gasteiger partial charge is 0.342 e. The Morgan fingerprint density at radius 1 is 1.18 bits per heavy atom. The molecule has 0 aliphatic carbocycles. The number of sulfonamides is 1. The summed E-state index contributed by atoms with van der Waals surface area (Å²) >= 11 is 0. The highest BCUT2D eigenvalue weighted by Crippen LogP contribution is 2.28. The molecule has 10 heteroatoms.